The fourth-order valence-electron chi connectivity index (χ4n) is 4.56. The summed E-state index contributed by atoms with van der Waals surface area (Å²) in [4.78, 5) is 38.7. The number of methoxy groups -OCH3 is 1. The van der Waals surface area contributed by atoms with Crippen LogP contribution in [0.5, 0.6) is 11.5 Å². The fraction of sp³-hybridized carbons (Fsp3) is 0.407. The average molecular weight is 521 g/mol. The number of nitrogens with one attached hydrogen (secondary N) is 2. The molecule has 200 valence electrons. The highest BCUT2D eigenvalue weighted by molar-refractivity contribution is 5.91. The van der Waals surface area contributed by atoms with Crippen molar-refractivity contribution in [2.45, 2.75) is 26.4 Å². The molecule has 3 heterocycles. The summed E-state index contributed by atoms with van der Waals surface area (Å²) >= 11 is 0. The van der Waals surface area contributed by atoms with Crippen molar-refractivity contribution in [2.24, 2.45) is 5.92 Å². The van der Waals surface area contributed by atoms with Gasteiger partial charge in [-0.1, -0.05) is 26.0 Å². The summed E-state index contributed by atoms with van der Waals surface area (Å²) in [5.74, 6) is 2.24. The molecule has 2 aliphatic heterocycles. The Morgan fingerprint density at radius 3 is 2.55 bits per heavy atom. The first-order valence-corrected chi connectivity index (χ1v) is 12.7. The molecule has 11 nitrogen and oxygen atoms in total. The third-order valence-corrected chi connectivity index (χ3v) is 6.71. The van der Waals surface area contributed by atoms with Gasteiger partial charge in [0, 0.05) is 43.3 Å². The standard InChI is InChI=1S/C27H32N6O5/c1-17(2)24(26(34)36-3)31-25-19-6-4-5-7-20(19)29-23(30-25)15-32-10-12-33(13-11-32)27(35)28-18-8-9-21-22(14-18)38-16-37-21/h4-9,14,17,24H,10-13,15-16H2,1-3H3,(H,28,35)(H,29,30,31)/t24-/m0/s1. The maximum Gasteiger partial charge on any atom is 0.328 e. The van der Waals surface area contributed by atoms with Gasteiger partial charge in [-0.15, -0.1) is 0 Å². The summed E-state index contributed by atoms with van der Waals surface area (Å²) in [5, 5.41) is 7.07. The number of ether oxygens (including phenoxy) is 3. The molecule has 0 aliphatic carbocycles. The molecule has 0 radical (unpaired) electrons. The quantitative estimate of drug-likeness (QED) is 0.452. The number of rotatable bonds is 7. The zero-order valence-electron chi connectivity index (χ0n) is 21.8. The molecule has 1 aromatic heterocycles. The van der Waals surface area contributed by atoms with E-state index in [0.29, 0.717) is 61.6 Å². The van der Waals surface area contributed by atoms with Gasteiger partial charge >= 0.3 is 12.0 Å². The number of hydrogen-bond acceptors (Lipinski definition) is 9. The van der Waals surface area contributed by atoms with Crippen molar-refractivity contribution >= 4 is 34.4 Å². The first-order valence-electron chi connectivity index (χ1n) is 12.7. The zero-order chi connectivity index (χ0) is 26.6. The first kappa shape index (κ1) is 25.5. The van der Waals surface area contributed by atoms with Gasteiger partial charge in [-0.3, -0.25) is 4.90 Å². The maximum atomic E-state index is 12.8. The van der Waals surface area contributed by atoms with Crippen LogP contribution >= 0.6 is 0 Å². The summed E-state index contributed by atoms with van der Waals surface area (Å²) < 4.78 is 15.7. The van der Waals surface area contributed by atoms with Gasteiger partial charge in [0.05, 0.1) is 19.2 Å². The summed E-state index contributed by atoms with van der Waals surface area (Å²) in [5.41, 5.74) is 1.46. The molecule has 5 rings (SSSR count). The maximum absolute atomic E-state index is 12.8. The minimum Gasteiger partial charge on any atom is -0.467 e. The smallest absolute Gasteiger partial charge is 0.328 e. The number of esters is 1. The number of hydrogen-bond donors (Lipinski definition) is 2. The Morgan fingerprint density at radius 1 is 1.03 bits per heavy atom. The van der Waals surface area contributed by atoms with E-state index in [4.69, 9.17) is 24.2 Å². The molecule has 0 unspecified atom stereocenters. The highest BCUT2D eigenvalue weighted by Gasteiger charge is 2.26. The van der Waals surface area contributed by atoms with Gasteiger partial charge in [-0.05, 0) is 30.2 Å². The van der Waals surface area contributed by atoms with Crippen molar-refractivity contribution in [2.75, 3.05) is 50.7 Å². The summed E-state index contributed by atoms with van der Waals surface area (Å²) in [6, 6.07) is 12.4. The van der Waals surface area contributed by atoms with Crippen molar-refractivity contribution in [3.05, 3.63) is 48.3 Å². The SMILES string of the molecule is COC(=O)[C@@H](Nc1nc(CN2CCN(C(=O)Nc3ccc4c(c3)OCO4)CC2)nc2ccccc12)C(C)C. The molecular weight excluding hydrogens is 488 g/mol. The number of amides is 2. The van der Waals surface area contributed by atoms with Crippen molar-refractivity contribution < 1.29 is 23.8 Å². The molecule has 1 fully saturated rings. The number of carbonyl (C=O) groups is 2. The Bertz CT molecular complexity index is 1320. The second-order valence-corrected chi connectivity index (χ2v) is 9.66. The number of aromatic nitrogens is 2. The second kappa shape index (κ2) is 11.1. The topological polar surface area (TPSA) is 118 Å². The van der Waals surface area contributed by atoms with Gasteiger partial charge in [0.1, 0.15) is 17.7 Å². The zero-order valence-corrected chi connectivity index (χ0v) is 21.8. The summed E-state index contributed by atoms with van der Waals surface area (Å²) in [6.45, 7) is 7.16. The van der Waals surface area contributed by atoms with Crippen LogP contribution in [0.25, 0.3) is 10.9 Å². The van der Waals surface area contributed by atoms with Gasteiger partial charge < -0.3 is 29.7 Å². The molecule has 38 heavy (non-hydrogen) atoms. The number of piperazine rings is 1. The van der Waals surface area contributed by atoms with Gasteiger partial charge in [0.15, 0.2) is 11.5 Å². The Kier molecular flexibility index (Phi) is 7.45. The number of carbonyl (C=O) groups excluding carboxylic acids is 2. The predicted molar refractivity (Wildman–Crippen MR) is 142 cm³/mol. The van der Waals surface area contributed by atoms with E-state index in [1.54, 1.807) is 23.1 Å². The molecule has 0 bridgehead atoms. The van der Waals surface area contributed by atoms with Crippen LogP contribution in [0.2, 0.25) is 0 Å². The van der Waals surface area contributed by atoms with Gasteiger partial charge in [-0.2, -0.15) is 0 Å². The van der Waals surface area contributed by atoms with Crippen molar-refractivity contribution in [3.63, 3.8) is 0 Å². The fourth-order valence-corrected chi connectivity index (χ4v) is 4.56. The Hall–Kier alpha value is -4.12. The van der Waals surface area contributed by atoms with Gasteiger partial charge in [-0.25, -0.2) is 19.6 Å². The van der Waals surface area contributed by atoms with Crippen LogP contribution in [-0.2, 0) is 16.1 Å². The van der Waals surface area contributed by atoms with E-state index in [9.17, 15) is 9.59 Å². The highest BCUT2D eigenvalue weighted by atomic mass is 16.7. The van der Waals surface area contributed by atoms with Crippen molar-refractivity contribution in [3.8, 4) is 11.5 Å². The highest BCUT2D eigenvalue weighted by Crippen LogP contribution is 2.34. The van der Waals surface area contributed by atoms with E-state index in [0.717, 1.165) is 10.9 Å². The minimum atomic E-state index is -0.530. The lowest BCUT2D eigenvalue weighted by atomic mass is 10.0. The molecule has 2 N–H and O–H groups in total. The van der Waals surface area contributed by atoms with Crippen LogP contribution < -0.4 is 20.1 Å². The van der Waals surface area contributed by atoms with Crippen LogP contribution in [0, 0.1) is 5.92 Å². The van der Waals surface area contributed by atoms with E-state index in [2.05, 4.69) is 15.5 Å². The average Bonchev–Trinajstić information content (AvgIpc) is 3.39. The number of fused-ring (bicyclic) bond motifs is 2. The normalized spacial score (nSPS) is 15.9. The largest absolute Gasteiger partial charge is 0.467 e. The van der Waals surface area contributed by atoms with Crippen LogP contribution in [0.15, 0.2) is 42.5 Å². The molecule has 2 amide bonds. The lowest BCUT2D eigenvalue weighted by Gasteiger charge is -2.34. The minimum absolute atomic E-state index is 0.0107. The van der Waals surface area contributed by atoms with Gasteiger partial charge in [0.25, 0.3) is 0 Å². The van der Waals surface area contributed by atoms with E-state index < -0.39 is 6.04 Å². The Morgan fingerprint density at radius 2 is 1.79 bits per heavy atom. The van der Waals surface area contributed by atoms with Crippen LogP contribution in [-0.4, -0.2) is 77.9 Å². The van der Waals surface area contributed by atoms with Crippen molar-refractivity contribution in [1.29, 1.82) is 0 Å². The predicted octanol–water partition coefficient (Wildman–Crippen LogP) is 3.32. The van der Waals surface area contributed by atoms with Crippen LogP contribution in [0.1, 0.15) is 19.7 Å². The number of benzene rings is 2. The van der Waals surface area contributed by atoms with Crippen LogP contribution in [0.4, 0.5) is 16.3 Å². The molecular formula is C27H32N6O5. The van der Waals surface area contributed by atoms with E-state index in [-0.39, 0.29) is 24.7 Å². The lowest BCUT2D eigenvalue weighted by molar-refractivity contribution is -0.142. The summed E-state index contributed by atoms with van der Waals surface area (Å²) in [7, 11) is 1.39. The third-order valence-electron chi connectivity index (χ3n) is 6.71. The molecule has 1 saturated heterocycles. The third kappa shape index (κ3) is 5.57. The molecule has 2 aliphatic rings. The molecule has 11 heteroatoms. The molecule has 0 spiro atoms. The van der Waals surface area contributed by atoms with E-state index in [1.165, 1.54) is 7.11 Å². The van der Waals surface area contributed by atoms with E-state index in [1.807, 2.05) is 38.1 Å². The van der Waals surface area contributed by atoms with Crippen LogP contribution in [0.3, 0.4) is 0 Å². The lowest BCUT2D eigenvalue weighted by Crippen LogP contribution is -2.49. The molecule has 3 aromatic rings. The molecule has 0 saturated carbocycles. The van der Waals surface area contributed by atoms with E-state index >= 15 is 0 Å². The van der Waals surface area contributed by atoms with Gasteiger partial charge in [0.2, 0.25) is 6.79 Å². The molecule has 1 atom stereocenters. The molecule has 2 aromatic carbocycles. The number of anilines is 2. The number of para-hydroxylation sites is 1. The number of nitrogens with zero attached hydrogens (tertiary/aromatic N) is 4. The number of urea groups is 1. The Balaban J connectivity index is 1.23. The summed E-state index contributed by atoms with van der Waals surface area (Å²) in [6.07, 6.45) is 0. The Labute approximate surface area is 221 Å². The second-order valence-electron chi connectivity index (χ2n) is 9.66. The van der Waals surface area contributed by atoms with Crippen molar-refractivity contribution in [1.82, 2.24) is 19.8 Å². The first-order chi connectivity index (χ1) is 18.4. The monoisotopic (exact) mass is 520 g/mol.